The first-order valence-corrected chi connectivity index (χ1v) is 6.15. The lowest BCUT2D eigenvalue weighted by molar-refractivity contribution is 0.304. The largest absolute Gasteiger partial charge is 0.489 e. The van der Waals surface area contributed by atoms with Gasteiger partial charge in [0, 0.05) is 21.7 Å². The summed E-state index contributed by atoms with van der Waals surface area (Å²) in [5.41, 5.74) is 1.28. The minimum absolute atomic E-state index is 0.209. The topological polar surface area (TPSA) is 9.23 Å². The summed E-state index contributed by atoms with van der Waals surface area (Å²) < 4.78 is 18.8. The van der Waals surface area contributed by atoms with Crippen molar-refractivity contribution in [3.05, 3.63) is 63.4 Å². The molecule has 0 radical (unpaired) electrons. The Morgan fingerprint density at radius 1 is 1.11 bits per heavy atom. The molecule has 0 spiro atoms. The molecule has 18 heavy (non-hydrogen) atoms. The van der Waals surface area contributed by atoms with Gasteiger partial charge in [0.25, 0.3) is 0 Å². The fourth-order valence-electron chi connectivity index (χ4n) is 1.49. The smallest absolute Gasteiger partial charge is 0.129 e. The van der Waals surface area contributed by atoms with E-state index in [9.17, 15) is 4.39 Å². The van der Waals surface area contributed by atoms with Crippen LogP contribution in [-0.4, -0.2) is 0 Å². The maximum Gasteiger partial charge on any atom is 0.129 e. The van der Waals surface area contributed by atoms with E-state index in [4.69, 9.17) is 27.9 Å². The van der Waals surface area contributed by atoms with Crippen LogP contribution in [0.4, 0.5) is 4.39 Å². The Morgan fingerprint density at radius 3 is 2.39 bits per heavy atom. The molecular formula is C14H11Cl2FO. The summed E-state index contributed by atoms with van der Waals surface area (Å²) in [5, 5.41) is 1.07. The third-order valence-electron chi connectivity index (χ3n) is 2.59. The molecule has 0 unspecified atom stereocenters. The van der Waals surface area contributed by atoms with Crippen LogP contribution in [0.2, 0.25) is 10.0 Å². The molecule has 0 fully saturated rings. The van der Waals surface area contributed by atoms with Gasteiger partial charge in [-0.05, 0) is 30.7 Å². The third kappa shape index (κ3) is 2.95. The lowest BCUT2D eigenvalue weighted by Crippen LogP contribution is -1.98. The Kier molecular flexibility index (Phi) is 4.10. The van der Waals surface area contributed by atoms with E-state index in [1.54, 1.807) is 37.3 Å². The van der Waals surface area contributed by atoms with Crippen LogP contribution in [0, 0.1) is 12.7 Å². The normalized spacial score (nSPS) is 10.4. The average molecular weight is 285 g/mol. The molecule has 2 aromatic rings. The van der Waals surface area contributed by atoms with Gasteiger partial charge in [-0.25, -0.2) is 4.39 Å². The summed E-state index contributed by atoms with van der Waals surface area (Å²) in [4.78, 5) is 0. The van der Waals surface area contributed by atoms with Gasteiger partial charge in [0.15, 0.2) is 0 Å². The highest BCUT2D eigenvalue weighted by Crippen LogP contribution is 2.26. The van der Waals surface area contributed by atoms with Gasteiger partial charge in [-0.3, -0.25) is 0 Å². The second kappa shape index (κ2) is 5.59. The van der Waals surface area contributed by atoms with Crippen molar-refractivity contribution in [1.29, 1.82) is 0 Å². The Balaban J connectivity index is 2.14. The molecule has 0 N–H and O–H groups in total. The number of benzene rings is 2. The quantitative estimate of drug-likeness (QED) is 0.769. The molecule has 0 aromatic heterocycles. The first kappa shape index (κ1) is 13.2. The Morgan fingerprint density at radius 2 is 1.78 bits per heavy atom. The van der Waals surface area contributed by atoms with Crippen molar-refractivity contribution in [2.75, 3.05) is 0 Å². The van der Waals surface area contributed by atoms with E-state index in [1.165, 1.54) is 6.07 Å². The second-order valence-corrected chi connectivity index (χ2v) is 4.71. The van der Waals surface area contributed by atoms with Crippen LogP contribution in [-0.2, 0) is 6.61 Å². The van der Waals surface area contributed by atoms with E-state index < -0.39 is 0 Å². The molecule has 0 amide bonds. The van der Waals surface area contributed by atoms with Crippen LogP contribution >= 0.6 is 23.2 Å². The molecule has 94 valence electrons. The van der Waals surface area contributed by atoms with Crippen molar-refractivity contribution >= 4 is 23.2 Å². The molecule has 2 rings (SSSR count). The number of hydrogen-bond donors (Lipinski definition) is 0. The zero-order chi connectivity index (χ0) is 13.1. The van der Waals surface area contributed by atoms with Gasteiger partial charge in [-0.1, -0.05) is 35.3 Å². The number of ether oxygens (including phenoxy) is 1. The number of aryl methyl sites for hydroxylation is 1. The van der Waals surface area contributed by atoms with E-state index in [0.29, 0.717) is 26.9 Å². The van der Waals surface area contributed by atoms with Crippen LogP contribution in [0.15, 0.2) is 36.4 Å². The second-order valence-electron chi connectivity index (χ2n) is 3.90. The van der Waals surface area contributed by atoms with Crippen LogP contribution in [0.3, 0.4) is 0 Å². The summed E-state index contributed by atoms with van der Waals surface area (Å²) in [5.74, 6) is 0.159. The van der Waals surface area contributed by atoms with Gasteiger partial charge in [-0.15, -0.1) is 0 Å². The number of halogens is 3. The molecule has 0 bridgehead atoms. The maximum atomic E-state index is 13.3. The lowest BCUT2D eigenvalue weighted by atomic mass is 10.2. The van der Waals surface area contributed by atoms with Crippen molar-refractivity contribution in [2.45, 2.75) is 13.5 Å². The zero-order valence-corrected chi connectivity index (χ0v) is 11.2. The van der Waals surface area contributed by atoms with Crippen LogP contribution in [0.5, 0.6) is 5.75 Å². The number of rotatable bonds is 3. The van der Waals surface area contributed by atoms with Crippen molar-refractivity contribution in [1.82, 2.24) is 0 Å². The minimum Gasteiger partial charge on any atom is -0.489 e. The molecular weight excluding hydrogens is 274 g/mol. The van der Waals surface area contributed by atoms with Crippen molar-refractivity contribution in [3.63, 3.8) is 0 Å². The van der Waals surface area contributed by atoms with Crippen molar-refractivity contribution in [3.8, 4) is 5.75 Å². The molecule has 0 aliphatic heterocycles. The standard InChI is InChI=1S/C14H11Cl2FO/c1-9-5-6-10(7-14(9)17)18-8-11-12(15)3-2-4-13(11)16/h2-7H,8H2,1H3. The molecule has 0 saturated heterocycles. The van der Waals surface area contributed by atoms with Crippen LogP contribution < -0.4 is 4.74 Å². The molecule has 0 heterocycles. The van der Waals surface area contributed by atoms with Gasteiger partial charge < -0.3 is 4.74 Å². The molecule has 1 nitrogen and oxygen atoms in total. The fraction of sp³-hybridized carbons (Fsp3) is 0.143. The third-order valence-corrected chi connectivity index (χ3v) is 3.30. The molecule has 0 atom stereocenters. The van der Waals surface area contributed by atoms with Gasteiger partial charge in [0.1, 0.15) is 18.2 Å². The SMILES string of the molecule is Cc1ccc(OCc2c(Cl)cccc2Cl)cc1F. The highest BCUT2D eigenvalue weighted by Gasteiger charge is 2.07. The van der Waals surface area contributed by atoms with E-state index in [0.717, 1.165) is 0 Å². The Bertz CT molecular complexity index is 549. The first-order valence-electron chi connectivity index (χ1n) is 5.40. The van der Waals surface area contributed by atoms with E-state index >= 15 is 0 Å². The average Bonchev–Trinajstić information content (AvgIpc) is 2.33. The summed E-state index contributed by atoms with van der Waals surface area (Å²) in [6.07, 6.45) is 0. The van der Waals surface area contributed by atoms with Crippen LogP contribution in [0.25, 0.3) is 0 Å². The fourth-order valence-corrected chi connectivity index (χ4v) is 2.00. The van der Waals surface area contributed by atoms with E-state index in [1.807, 2.05) is 0 Å². The Hall–Kier alpha value is -1.25. The van der Waals surface area contributed by atoms with Gasteiger partial charge in [0.2, 0.25) is 0 Å². The summed E-state index contributed by atoms with van der Waals surface area (Å²) in [7, 11) is 0. The van der Waals surface area contributed by atoms with Gasteiger partial charge in [0.05, 0.1) is 0 Å². The van der Waals surface area contributed by atoms with Crippen molar-refractivity contribution in [2.24, 2.45) is 0 Å². The molecule has 0 aliphatic rings. The van der Waals surface area contributed by atoms with Gasteiger partial charge in [-0.2, -0.15) is 0 Å². The summed E-state index contributed by atoms with van der Waals surface area (Å²) >= 11 is 12.0. The molecule has 0 aliphatic carbocycles. The van der Waals surface area contributed by atoms with E-state index in [-0.39, 0.29) is 12.4 Å². The summed E-state index contributed by atoms with van der Waals surface area (Å²) in [6, 6.07) is 9.96. The predicted octanol–water partition coefficient (Wildman–Crippen LogP) is 5.02. The first-order chi connectivity index (χ1) is 8.58. The molecule has 2 aromatic carbocycles. The van der Waals surface area contributed by atoms with Crippen LogP contribution in [0.1, 0.15) is 11.1 Å². The summed E-state index contributed by atoms with van der Waals surface area (Å²) in [6.45, 7) is 1.91. The number of hydrogen-bond acceptors (Lipinski definition) is 1. The van der Waals surface area contributed by atoms with Crippen molar-refractivity contribution < 1.29 is 9.13 Å². The minimum atomic E-state index is -0.294. The lowest BCUT2D eigenvalue weighted by Gasteiger charge is -2.10. The Labute approximate surface area is 115 Å². The predicted molar refractivity (Wildman–Crippen MR) is 71.9 cm³/mol. The zero-order valence-electron chi connectivity index (χ0n) is 9.71. The molecule has 0 saturated carbocycles. The monoisotopic (exact) mass is 284 g/mol. The maximum absolute atomic E-state index is 13.3. The highest BCUT2D eigenvalue weighted by atomic mass is 35.5. The highest BCUT2D eigenvalue weighted by molar-refractivity contribution is 6.35. The van der Waals surface area contributed by atoms with Gasteiger partial charge >= 0.3 is 0 Å². The van der Waals surface area contributed by atoms with E-state index in [2.05, 4.69) is 0 Å². The molecule has 4 heteroatoms.